The first kappa shape index (κ1) is 18.3. The van der Waals surface area contributed by atoms with Crippen molar-refractivity contribution in [2.24, 2.45) is 5.41 Å². The zero-order chi connectivity index (χ0) is 18.0. The number of carbonyl (C=O) groups is 2. The van der Waals surface area contributed by atoms with Crippen molar-refractivity contribution in [1.82, 2.24) is 0 Å². The molecule has 0 radical (unpaired) electrons. The molecule has 1 aliphatic carbocycles. The van der Waals surface area contributed by atoms with Crippen molar-refractivity contribution >= 4 is 11.8 Å². The largest absolute Gasteiger partial charge is 0.478 e. The molecule has 5 heteroatoms. The Hall–Kier alpha value is -2.06. The number of allylic oxidation sites excluding steroid dienone is 2. The van der Waals surface area contributed by atoms with Gasteiger partial charge in [-0.25, -0.2) is 4.79 Å². The lowest BCUT2D eigenvalue weighted by Gasteiger charge is -2.27. The van der Waals surface area contributed by atoms with Crippen molar-refractivity contribution in [3.05, 3.63) is 23.0 Å². The average Bonchev–Trinajstić information content (AvgIpc) is 3.03. The van der Waals surface area contributed by atoms with Gasteiger partial charge in [-0.05, 0) is 34.1 Å². The number of hydrogen-bond donors (Lipinski definition) is 1. The zero-order valence-electron chi connectivity index (χ0n) is 14.7. The predicted molar refractivity (Wildman–Crippen MR) is 88.7 cm³/mol. The first-order valence-corrected chi connectivity index (χ1v) is 8.19. The highest BCUT2D eigenvalue weighted by Crippen LogP contribution is 2.45. The highest BCUT2D eigenvalue weighted by atomic mass is 16.5. The van der Waals surface area contributed by atoms with Crippen LogP contribution in [-0.4, -0.2) is 35.7 Å². The van der Waals surface area contributed by atoms with E-state index in [4.69, 9.17) is 9.47 Å². The summed E-state index contributed by atoms with van der Waals surface area (Å²) in [6.07, 6.45) is 3.56. The van der Waals surface area contributed by atoms with Gasteiger partial charge in [0.25, 0.3) is 0 Å². The van der Waals surface area contributed by atoms with Crippen molar-refractivity contribution in [3.63, 3.8) is 0 Å². The Morgan fingerprint density at radius 3 is 2.83 bits per heavy atom. The number of aliphatic hydroxyl groups is 1. The summed E-state index contributed by atoms with van der Waals surface area (Å²) in [7, 11) is 0. The minimum absolute atomic E-state index is 0.0792. The number of ketones is 1. The van der Waals surface area contributed by atoms with E-state index in [1.807, 2.05) is 19.9 Å². The third-order valence-corrected chi connectivity index (χ3v) is 4.38. The summed E-state index contributed by atoms with van der Waals surface area (Å²) in [4.78, 5) is 24.1. The maximum absolute atomic E-state index is 12.7. The smallest absolute Gasteiger partial charge is 0.384 e. The minimum atomic E-state index is -1.03. The Morgan fingerprint density at radius 2 is 2.21 bits per heavy atom. The first-order valence-electron chi connectivity index (χ1n) is 8.19. The van der Waals surface area contributed by atoms with Gasteiger partial charge < -0.3 is 14.6 Å². The molecule has 0 aromatic heterocycles. The lowest BCUT2D eigenvalue weighted by atomic mass is 9.86. The normalized spacial score (nSPS) is 23.0. The summed E-state index contributed by atoms with van der Waals surface area (Å²) in [5, 5.41) is 9.52. The van der Waals surface area contributed by atoms with E-state index in [9.17, 15) is 14.7 Å². The lowest BCUT2D eigenvalue weighted by molar-refractivity contribution is -0.136. The van der Waals surface area contributed by atoms with Crippen LogP contribution in [0.25, 0.3) is 0 Å². The van der Waals surface area contributed by atoms with Crippen LogP contribution in [0.3, 0.4) is 0 Å². The zero-order valence-corrected chi connectivity index (χ0v) is 14.7. The van der Waals surface area contributed by atoms with Gasteiger partial charge in [-0.2, -0.15) is 0 Å². The quantitative estimate of drug-likeness (QED) is 0.370. The number of Topliss-reactive ketones (excluding diaryl/α,β-unsaturated/α-hetero) is 1. The molecule has 0 saturated heterocycles. The third kappa shape index (κ3) is 3.39. The topological polar surface area (TPSA) is 72.8 Å². The molecule has 1 spiro atoms. The van der Waals surface area contributed by atoms with Crippen molar-refractivity contribution in [2.45, 2.75) is 52.6 Å². The molecule has 0 saturated carbocycles. The standard InChI is InChI=1S/C19H24O5/c1-5-23-16(21)8-10-18(3,4)11-15-13(2)17(22)19(24-15)9-6-7-14(19)12-20/h7,20H,5-6,9,11-12H2,1-4H3. The molecular weight excluding hydrogens is 308 g/mol. The molecule has 1 atom stereocenters. The van der Waals surface area contributed by atoms with Crippen LogP contribution in [0.2, 0.25) is 0 Å². The van der Waals surface area contributed by atoms with Crippen LogP contribution in [0.1, 0.15) is 47.0 Å². The van der Waals surface area contributed by atoms with E-state index in [0.29, 0.717) is 36.2 Å². The Bertz CT molecular complexity index is 672. The summed E-state index contributed by atoms with van der Waals surface area (Å²) in [6.45, 7) is 7.34. The Labute approximate surface area is 142 Å². The van der Waals surface area contributed by atoms with Gasteiger partial charge in [0.15, 0.2) is 5.60 Å². The lowest BCUT2D eigenvalue weighted by Crippen LogP contribution is -2.38. The maximum Gasteiger partial charge on any atom is 0.384 e. The number of carbonyl (C=O) groups excluding carboxylic acids is 2. The molecule has 2 rings (SSSR count). The highest BCUT2D eigenvalue weighted by molar-refractivity contribution is 6.06. The molecule has 0 bridgehead atoms. The summed E-state index contributed by atoms with van der Waals surface area (Å²) in [6, 6.07) is 0. The van der Waals surface area contributed by atoms with Crippen LogP contribution >= 0.6 is 0 Å². The molecule has 1 N–H and O–H groups in total. The van der Waals surface area contributed by atoms with E-state index in [1.54, 1.807) is 13.8 Å². The van der Waals surface area contributed by atoms with Crippen LogP contribution < -0.4 is 0 Å². The van der Waals surface area contributed by atoms with Crippen molar-refractivity contribution in [1.29, 1.82) is 0 Å². The molecule has 130 valence electrons. The fraction of sp³-hybridized carbons (Fsp3) is 0.579. The van der Waals surface area contributed by atoms with Gasteiger partial charge in [0.05, 0.1) is 13.2 Å². The maximum atomic E-state index is 12.7. The Balaban J connectivity index is 2.17. The molecule has 1 heterocycles. The van der Waals surface area contributed by atoms with E-state index in [1.165, 1.54) is 0 Å². The molecular formula is C19H24O5. The van der Waals surface area contributed by atoms with Gasteiger partial charge in [-0.15, -0.1) is 0 Å². The molecule has 0 aromatic rings. The average molecular weight is 332 g/mol. The van der Waals surface area contributed by atoms with Gasteiger partial charge in [0.2, 0.25) is 5.78 Å². The third-order valence-electron chi connectivity index (χ3n) is 4.38. The Kier molecular flexibility index (Phi) is 5.19. The number of ether oxygens (including phenoxy) is 2. The van der Waals surface area contributed by atoms with Gasteiger partial charge in [-0.1, -0.05) is 12.0 Å². The van der Waals surface area contributed by atoms with Gasteiger partial charge in [0, 0.05) is 35.3 Å². The first-order chi connectivity index (χ1) is 11.3. The SMILES string of the molecule is CCOC(=O)C#CC(C)(C)CC1=C(C)C(=O)C2(CCC=C2CO)O1. The van der Waals surface area contributed by atoms with E-state index in [-0.39, 0.29) is 19.0 Å². The predicted octanol–water partition coefficient (Wildman–Crippen LogP) is 2.29. The fourth-order valence-electron chi connectivity index (χ4n) is 3.11. The number of aliphatic hydroxyl groups excluding tert-OH is 1. The van der Waals surface area contributed by atoms with Crippen molar-refractivity contribution < 1.29 is 24.2 Å². The van der Waals surface area contributed by atoms with E-state index in [2.05, 4.69) is 11.8 Å². The van der Waals surface area contributed by atoms with Crippen LogP contribution in [0.15, 0.2) is 23.0 Å². The van der Waals surface area contributed by atoms with Crippen LogP contribution in [0.5, 0.6) is 0 Å². The van der Waals surface area contributed by atoms with E-state index < -0.39 is 17.0 Å². The molecule has 24 heavy (non-hydrogen) atoms. The monoisotopic (exact) mass is 332 g/mol. The fourth-order valence-corrected chi connectivity index (χ4v) is 3.11. The summed E-state index contributed by atoms with van der Waals surface area (Å²) in [5.74, 6) is 5.33. The molecule has 1 aliphatic heterocycles. The van der Waals surface area contributed by atoms with E-state index >= 15 is 0 Å². The molecule has 0 aromatic carbocycles. The second kappa shape index (κ2) is 6.82. The summed E-state index contributed by atoms with van der Waals surface area (Å²) >= 11 is 0. The van der Waals surface area contributed by atoms with Gasteiger partial charge in [0.1, 0.15) is 5.76 Å². The van der Waals surface area contributed by atoms with Gasteiger partial charge >= 0.3 is 5.97 Å². The second-order valence-corrected chi connectivity index (χ2v) is 6.76. The number of rotatable bonds is 4. The van der Waals surface area contributed by atoms with Crippen molar-refractivity contribution in [2.75, 3.05) is 13.2 Å². The minimum Gasteiger partial charge on any atom is -0.478 e. The number of hydrogen-bond acceptors (Lipinski definition) is 5. The van der Waals surface area contributed by atoms with Gasteiger partial charge in [-0.3, -0.25) is 4.79 Å². The summed E-state index contributed by atoms with van der Waals surface area (Å²) in [5.41, 5.74) is -0.366. The van der Waals surface area contributed by atoms with Crippen molar-refractivity contribution in [3.8, 4) is 11.8 Å². The summed E-state index contributed by atoms with van der Waals surface area (Å²) < 4.78 is 10.9. The Morgan fingerprint density at radius 1 is 1.50 bits per heavy atom. The molecule has 0 fully saturated rings. The van der Waals surface area contributed by atoms with E-state index in [0.717, 1.165) is 0 Å². The van der Waals surface area contributed by atoms with Crippen LogP contribution in [-0.2, 0) is 19.1 Å². The highest BCUT2D eigenvalue weighted by Gasteiger charge is 2.52. The molecule has 2 aliphatic rings. The molecule has 5 nitrogen and oxygen atoms in total. The molecule has 0 amide bonds. The second-order valence-electron chi connectivity index (χ2n) is 6.76. The number of esters is 1. The van der Waals surface area contributed by atoms with Crippen LogP contribution in [0.4, 0.5) is 0 Å². The van der Waals surface area contributed by atoms with Crippen LogP contribution in [0, 0.1) is 17.3 Å². The molecule has 1 unspecified atom stereocenters.